The van der Waals surface area contributed by atoms with Gasteiger partial charge in [0, 0.05) is 29.4 Å². The molecule has 0 amide bonds. The van der Waals surface area contributed by atoms with Crippen LogP contribution < -0.4 is 4.72 Å². The Morgan fingerprint density at radius 2 is 2.08 bits per heavy atom. The number of nitrogens with one attached hydrogen (secondary N) is 1. The van der Waals surface area contributed by atoms with Gasteiger partial charge in [0.1, 0.15) is 9.22 Å². The summed E-state index contributed by atoms with van der Waals surface area (Å²) in [6.07, 6.45) is 4.07. The first-order valence-corrected chi connectivity index (χ1v) is 10.6. The van der Waals surface area contributed by atoms with E-state index in [-0.39, 0.29) is 4.21 Å². The Morgan fingerprint density at radius 1 is 1.25 bits per heavy atom. The van der Waals surface area contributed by atoms with E-state index in [2.05, 4.69) is 14.7 Å². The van der Waals surface area contributed by atoms with Gasteiger partial charge in [-0.15, -0.1) is 22.7 Å². The van der Waals surface area contributed by atoms with Crippen LogP contribution in [0.3, 0.4) is 0 Å². The monoisotopic (exact) mass is 399 g/mol. The van der Waals surface area contributed by atoms with Gasteiger partial charge in [0.15, 0.2) is 0 Å². The molecule has 1 N–H and O–H groups in total. The molecule has 0 atom stereocenters. The lowest BCUT2D eigenvalue weighted by molar-refractivity contribution is 0.584. The highest BCUT2D eigenvalue weighted by molar-refractivity contribution is 7.91. The van der Waals surface area contributed by atoms with Gasteiger partial charge >= 0.3 is 0 Å². The number of pyridine rings is 1. The van der Waals surface area contributed by atoms with Crippen LogP contribution in [0.25, 0.3) is 10.6 Å². The lowest BCUT2D eigenvalue weighted by Crippen LogP contribution is -2.25. The standard InChI is InChI=1S/C15H14ClN3O2S3/c1-10-12(22-15(19-10)11-3-2-7-17-9-11)6-8-18-24(20,21)14-5-4-13(16)23-14/h2-5,7,9,18H,6,8H2,1H3. The number of hydrogen-bond acceptors (Lipinski definition) is 6. The molecule has 0 saturated heterocycles. The molecule has 0 aliphatic carbocycles. The number of aryl methyl sites for hydroxylation is 1. The maximum absolute atomic E-state index is 12.2. The van der Waals surface area contributed by atoms with Crippen LogP contribution in [0.15, 0.2) is 40.9 Å². The third-order valence-corrected chi connectivity index (χ3v) is 7.71. The van der Waals surface area contributed by atoms with E-state index in [0.717, 1.165) is 32.5 Å². The van der Waals surface area contributed by atoms with Crippen molar-refractivity contribution in [3.63, 3.8) is 0 Å². The van der Waals surface area contributed by atoms with E-state index in [4.69, 9.17) is 11.6 Å². The number of sulfonamides is 1. The van der Waals surface area contributed by atoms with Crippen LogP contribution in [0.4, 0.5) is 0 Å². The topological polar surface area (TPSA) is 72.0 Å². The molecule has 24 heavy (non-hydrogen) atoms. The zero-order valence-corrected chi connectivity index (χ0v) is 15.9. The second-order valence-corrected chi connectivity index (χ2v) is 9.77. The molecular weight excluding hydrogens is 386 g/mol. The lowest BCUT2D eigenvalue weighted by atomic mass is 10.3. The van der Waals surface area contributed by atoms with Crippen molar-refractivity contribution in [1.82, 2.24) is 14.7 Å². The van der Waals surface area contributed by atoms with E-state index < -0.39 is 10.0 Å². The molecule has 3 rings (SSSR count). The highest BCUT2D eigenvalue weighted by Gasteiger charge is 2.17. The van der Waals surface area contributed by atoms with Crippen LogP contribution in [0.5, 0.6) is 0 Å². The number of nitrogens with zero attached hydrogens (tertiary/aromatic N) is 2. The highest BCUT2D eigenvalue weighted by atomic mass is 35.5. The molecule has 3 aromatic rings. The van der Waals surface area contributed by atoms with Crippen LogP contribution in [-0.4, -0.2) is 24.9 Å². The molecule has 0 unspecified atom stereocenters. The molecule has 0 radical (unpaired) electrons. The fourth-order valence-corrected chi connectivity index (χ4v) is 5.70. The molecule has 5 nitrogen and oxygen atoms in total. The van der Waals surface area contributed by atoms with Crippen molar-refractivity contribution in [2.45, 2.75) is 17.6 Å². The van der Waals surface area contributed by atoms with Crippen molar-refractivity contribution in [1.29, 1.82) is 0 Å². The number of rotatable bonds is 6. The summed E-state index contributed by atoms with van der Waals surface area (Å²) >= 11 is 8.40. The first-order valence-electron chi connectivity index (χ1n) is 7.07. The quantitative estimate of drug-likeness (QED) is 0.685. The SMILES string of the molecule is Cc1nc(-c2cccnc2)sc1CCNS(=O)(=O)c1ccc(Cl)s1. The zero-order chi connectivity index (χ0) is 17.2. The smallest absolute Gasteiger partial charge is 0.250 e. The Hall–Kier alpha value is -1.32. The van der Waals surface area contributed by atoms with Gasteiger partial charge in [-0.05, 0) is 37.6 Å². The third kappa shape index (κ3) is 4.01. The average Bonchev–Trinajstić information content (AvgIpc) is 3.15. The summed E-state index contributed by atoms with van der Waals surface area (Å²) in [5.41, 5.74) is 1.88. The second kappa shape index (κ2) is 7.28. The first kappa shape index (κ1) is 17.5. The van der Waals surface area contributed by atoms with Crippen LogP contribution in [0.1, 0.15) is 10.6 Å². The van der Waals surface area contributed by atoms with Gasteiger partial charge in [-0.2, -0.15) is 0 Å². The van der Waals surface area contributed by atoms with Gasteiger partial charge in [0.05, 0.1) is 10.0 Å². The predicted molar refractivity (Wildman–Crippen MR) is 98.3 cm³/mol. The molecule has 126 valence electrons. The van der Waals surface area contributed by atoms with Crippen molar-refractivity contribution >= 4 is 44.3 Å². The Morgan fingerprint density at radius 3 is 2.75 bits per heavy atom. The predicted octanol–water partition coefficient (Wildman–Crippen LogP) is 3.75. The highest BCUT2D eigenvalue weighted by Crippen LogP contribution is 2.28. The Balaban J connectivity index is 1.66. The Kier molecular flexibility index (Phi) is 5.31. The van der Waals surface area contributed by atoms with E-state index in [9.17, 15) is 8.42 Å². The molecule has 0 aliphatic rings. The van der Waals surface area contributed by atoms with Crippen molar-refractivity contribution in [3.05, 3.63) is 51.6 Å². The molecular formula is C15H14ClN3O2S3. The van der Waals surface area contributed by atoms with Crippen LogP contribution in [0, 0.1) is 6.92 Å². The Bertz CT molecular complexity index is 936. The molecule has 0 aromatic carbocycles. The molecule has 3 aromatic heterocycles. The first-order chi connectivity index (χ1) is 11.5. The lowest BCUT2D eigenvalue weighted by Gasteiger charge is -2.03. The largest absolute Gasteiger partial charge is 0.264 e. The van der Waals surface area contributed by atoms with Gasteiger partial charge in [-0.1, -0.05) is 11.6 Å². The van der Waals surface area contributed by atoms with Crippen LogP contribution >= 0.6 is 34.3 Å². The van der Waals surface area contributed by atoms with Crippen molar-refractivity contribution in [2.24, 2.45) is 0 Å². The van der Waals surface area contributed by atoms with Crippen molar-refractivity contribution in [3.8, 4) is 10.6 Å². The van der Waals surface area contributed by atoms with Crippen LogP contribution in [-0.2, 0) is 16.4 Å². The maximum atomic E-state index is 12.2. The van der Waals surface area contributed by atoms with Crippen molar-refractivity contribution < 1.29 is 8.42 Å². The molecule has 0 aliphatic heterocycles. The Labute approximate surface area is 153 Å². The van der Waals surface area contributed by atoms with Gasteiger partial charge in [-0.3, -0.25) is 4.98 Å². The molecule has 0 bridgehead atoms. The minimum absolute atomic E-state index is 0.226. The van der Waals surface area contributed by atoms with Crippen molar-refractivity contribution in [2.75, 3.05) is 6.54 Å². The number of thiazole rings is 1. The molecule has 0 saturated carbocycles. The number of aromatic nitrogens is 2. The third-order valence-electron chi connectivity index (χ3n) is 3.26. The summed E-state index contributed by atoms with van der Waals surface area (Å²) in [5, 5.41) is 0.892. The fourth-order valence-electron chi connectivity index (χ4n) is 2.08. The maximum Gasteiger partial charge on any atom is 0.250 e. The number of hydrogen-bond donors (Lipinski definition) is 1. The van der Waals surface area contributed by atoms with Crippen LogP contribution in [0.2, 0.25) is 4.34 Å². The van der Waals surface area contributed by atoms with E-state index >= 15 is 0 Å². The summed E-state index contributed by atoms with van der Waals surface area (Å²) in [7, 11) is -3.51. The molecule has 3 heterocycles. The zero-order valence-electron chi connectivity index (χ0n) is 12.7. The minimum Gasteiger partial charge on any atom is -0.264 e. The summed E-state index contributed by atoms with van der Waals surface area (Å²) in [6.45, 7) is 2.24. The summed E-state index contributed by atoms with van der Waals surface area (Å²) < 4.78 is 27.6. The summed E-state index contributed by atoms with van der Waals surface area (Å²) in [4.78, 5) is 9.70. The second-order valence-electron chi connectivity index (χ2n) is 4.98. The number of thiophene rings is 1. The molecule has 9 heteroatoms. The van der Waals surface area contributed by atoms with E-state index in [1.807, 2.05) is 19.1 Å². The average molecular weight is 400 g/mol. The van der Waals surface area contributed by atoms with Gasteiger partial charge in [0.25, 0.3) is 0 Å². The fraction of sp³-hybridized carbons (Fsp3) is 0.200. The molecule has 0 spiro atoms. The minimum atomic E-state index is -3.51. The van der Waals surface area contributed by atoms with E-state index in [1.54, 1.807) is 29.8 Å². The normalized spacial score (nSPS) is 11.8. The van der Waals surface area contributed by atoms with Gasteiger partial charge in [-0.25, -0.2) is 18.1 Å². The summed E-state index contributed by atoms with van der Waals surface area (Å²) in [6, 6.07) is 6.91. The van der Waals surface area contributed by atoms with E-state index in [1.165, 1.54) is 6.07 Å². The number of halogens is 1. The van der Waals surface area contributed by atoms with Gasteiger partial charge in [0.2, 0.25) is 10.0 Å². The summed E-state index contributed by atoms with van der Waals surface area (Å²) in [5.74, 6) is 0. The van der Waals surface area contributed by atoms with E-state index in [0.29, 0.717) is 17.3 Å². The van der Waals surface area contributed by atoms with Gasteiger partial charge < -0.3 is 0 Å². The molecule has 0 fully saturated rings.